The number of hydrogen-bond donors (Lipinski definition) is 1. The molecular formula is C18H13F3N4OS. The highest BCUT2D eigenvalue weighted by Gasteiger charge is 2.17. The Morgan fingerprint density at radius 3 is 2.74 bits per heavy atom. The minimum Gasteiger partial charge on any atom is -0.323 e. The van der Waals surface area contributed by atoms with E-state index in [4.69, 9.17) is 5.26 Å². The van der Waals surface area contributed by atoms with E-state index in [0.717, 1.165) is 34.9 Å². The molecule has 0 saturated heterocycles. The molecule has 0 unspecified atom stereocenters. The summed E-state index contributed by atoms with van der Waals surface area (Å²) in [6.45, 7) is 0.415. The predicted octanol–water partition coefficient (Wildman–Crippen LogP) is 4.10. The number of aromatic nitrogens is 2. The van der Waals surface area contributed by atoms with Crippen molar-refractivity contribution in [3.63, 3.8) is 0 Å². The fourth-order valence-electron chi connectivity index (χ4n) is 2.48. The maximum absolute atomic E-state index is 13.6. The minimum atomic E-state index is -1.64. The summed E-state index contributed by atoms with van der Waals surface area (Å²) < 4.78 is 41.7. The molecule has 0 bridgehead atoms. The van der Waals surface area contributed by atoms with E-state index in [-0.39, 0.29) is 12.2 Å². The van der Waals surface area contributed by atoms with E-state index in [0.29, 0.717) is 11.7 Å². The van der Waals surface area contributed by atoms with Gasteiger partial charge in [-0.15, -0.1) is 0 Å². The molecule has 138 valence electrons. The van der Waals surface area contributed by atoms with Gasteiger partial charge in [-0.2, -0.15) is 5.26 Å². The van der Waals surface area contributed by atoms with Crippen molar-refractivity contribution >= 4 is 34.4 Å². The second-order valence-electron chi connectivity index (χ2n) is 5.50. The van der Waals surface area contributed by atoms with Crippen molar-refractivity contribution in [2.24, 2.45) is 0 Å². The van der Waals surface area contributed by atoms with Crippen molar-refractivity contribution in [2.75, 3.05) is 11.1 Å². The van der Waals surface area contributed by atoms with E-state index >= 15 is 0 Å². The topological polar surface area (TPSA) is 70.7 Å². The van der Waals surface area contributed by atoms with Gasteiger partial charge in [-0.25, -0.2) is 18.2 Å². The van der Waals surface area contributed by atoms with Crippen molar-refractivity contribution in [3.8, 4) is 6.07 Å². The molecule has 5 nitrogen and oxygen atoms in total. The normalized spacial score (nSPS) is 10.7. The van der Waals surface area contributed by atoms with E-state index in [2.05, 4.69) is 16.4 Å². The van der Waals surface area contributed by atoms with Crippen LogP contribution in [0.2, 0.25) is 0 Å². The summed E-state index contributed by atoms with van der Waals surface area (Å²) in [6, 6.07) is 11.1. The Kier molecular flexibility index (Phi) is 5.66. The van der Waals surface area contributed by atoms with Crippen LogP contribution in [0.3, 0.4) is 0 Å². The van der Waals surface area contributed by atoms with Gasteiger partial charge in [0.1, 0.15) is 0 Å². The van der Waals surface area contributed by atoms with Crippen LogP contribution in [0.4, 0.5) is 18.9 Å². The number of nitrogens with zero attached hydrogens (tertiary/aromatic N) is 3. The van der Waals surface area contributed by atoms with Crippen LogP contribution in [0, 0.1) is 28.8 Å². The number of fused-ring (bicyclic) bond motifs is 1. The Morgan fingerprint density at radius 2 is 1.96 bits per heavy atom. The smallest absolute Gasteiger partial charge is 0.234 e. The molecule has 0 atom stereocenters. The van der Waals surface area contributed by atoms with Crippen molar-refractivity contribution in [1.82, 2.24) is 9.55 Å². The summed E-state index contributed by atoms with van der Waals surface area (Å²) >= 11 is 1.10. The first-order valence-corrected chi connectivity index (χ1v) is 8.88. The Morgan fingerprint density at radius 1 is 1.19 bits per heavy atom. The predicted molar refractivity (Wildman–Crippen MR) is 95.6 cm³/mol. The maximum Gasteiger partial charge on any atom is 0.234 e. The molecule has 0 aliphatic rings. The second kappa shape index (κ2) is 8.14. The number of benzene rings is 2. The lowest BCUT2D eigenvalue weighted by atomic mass is 10.3. The molecule has 1 aromatic heterocycles. The molecule has 1 N–H and O–H groups in total. The number of para-hydroxylation sites is 2. The third-order valence-electron chi connectivity index (χ3n) is 3.71. The van der Waals surface area contributed by atoms with Crippen LogP contribution >= 0.6 is 11.8 Å². The van der Waals surface area contributed by atoms with E-state index in [1.807, 2.05) is 28.8 Å². The summed E-state index contributed by atoms with van der Waals surface area (Å²) in [7, 11) is 0. The first kappa shape index (κ1) is 18.8. The number of thioether (sulfide) groups is 1. The van der Waals surface area contributed by atoms with Gasteiger partial charge in [0.15, 0.2) is 22.6 Å². The van der Waals surface area contributed by atoms with Gasteiger partial charge in [0.05, 0.1) is 35.0 Å². The molecule has 3 aromatic rings. The van der Waals surface area contributed by atoms with Crippen LogP contribution in [-0.2, 0) is 11.3 Å². The SMILES string of the molecule is N#CCCn1c(SCC(=O)Nc2ccc(F)c(F)c2F)nc2ccccc21. The minimum absolute atomic E-state index is 0.117. The third-order valence-corrected chi connectivity index (χ3v) is 4.68. The van der Waals surface area contributed by atoms with Crippen LogP contribution in [0.25, 0.3) is 11.0 Å². The van der Waals surface area contributed by atoms with Crippen LogP contribution in [0.5, 0.6) is 0 Å². The quantitative estimate of drug-likeness (QED) is 0.508. The zero-order valence-electron chi connectivity index (χ0n) is 13.9. The summed E-state index contributed by atoms with van der Waals surface area (Å²) in [5.41, 5.74) is 1.13. The number of aryl methyl sites for hydroxylation is 1. The van der Waals surface area contributed by atoms with E-state index in [9.17, 15) is 18.0 Å². The molecule has 1 amide bonds. The number of amides is 1. The number of imidazole rings is 1. The molecule has 2 aromatic carbocycles. The highest BCUT2D eigenvalue weighted by molar-refractivity contribution is 7.99. The van der Waals surface area contributed by atoms with Gasteiger partial charge >= 0.3 is 0 Å². The van der Waals surface area contributed by atoms with E-state index in [1.165, 1.54) is 0 Å². The highest BCUT2D eigenvalue weighted by atomic mass is 32.2. The Balaban J connectivity index is 1.74. The van der Waals surface area contributed by atoms with Gasteiger partial charge in [-0.05, 0) is 24.3 Å². The Bertz CT molecular complexity index is 1040. The first-order valence-electron chi connectivity index (χ1n) is 7.89. The number of nitriles is 1. The van der Waals surface area contributed by atoms with Crippen LogP contribution < -0.4 is 5.32 Å². The standard InChI is InChI=1S/C18H13F3N4OS/c19-11-6-7-13(17(21)16(11)20)23-15(26)10-27-18-24-12-4-1-2-5-14(12)25(18)9-3-8-22/h1-2,4-7H,3,9-10H2,(H,23,26). The van der Waals surface area contributed by atoms with E-state index < -0.39 is 29.0 Å². The fourth-order valence-corrected chi connectivity index (χ4v) is 3.32. The molecule has 9 heteroatoms. The molecule has 0 aliphatic carbocycles. The molecule has 27 heavy (non-hydrogen) atoms. The molecule has 0 fully saturated rings. The number of carbonyl (C=O) groups excluding carboxylic acids is 1. The highest BCUT2D eigenvalue weighted by Crippen LogP contribution is 2.25. The largest absolute Gasteiger partial charge is 0.323 e. The molecule has 0 spiro atoms. The van der Waals surface area contributed by atoms with E-state index in [1.54, 1.807) is 0 Å². The number of carbonyl (C=O) groups is 1. The molecule has 3 rings (SSSR count). The molecule has 0 saturated carbocycles. The number of rotatable bonds is 6. The maximum atomic E-state index is 13.6. The van der Waals surface area contributed by atoms with Crippen molar-refractivity contribution in [3.05, 3.63) is 53.8 Å². The fraction of sp³-hybridized carbons (Fsp3) is 0.167. The summed E-state index contributed by atoms with van der Waals surface area (Å²) in [5.74, 6) is -5.13. The lowest BCUT2D eigenvalue weighted by Gasteiger charge is -2.08. The van der Waals surface area contributed by atoms with Crippen molar-refractivity contribution in [1.29, 1.82) is 5.26 Å². The number of hydrogen-bond acceptors (Lipinski definition) is 4. The second-order valence-corrected chi connectivity index (χ2v) is 6.45. The molecule has 1 heterocycles. The lowest BCUT2D eigenvalue weighted by molar-refractivity contribution is -0.113. The third kappa shape index (κ3) is 4.06. The Labute approximate surface area is 156 Å². The number of nitrogens with one attached hydrogen (secondary N) is 1. The summed E-state index contributed by atoms with van der Waals surface area (Å²) in [5, 5.41) is 11.6. The lowest BCUT2D eigenvalue weighted by Crippen LogP contribution is -2.16. The summed E-state index contributed by atoms with van der Waals surface area (Å²) in [4.78, 5) is 16.5. The van der Waals surface area contributed by atoms with Crippen LogP contribution in [0.1, 0.15) is 6.42 Å². The zero-order valence-corrected chi connectivity index (χ0v) is 14.7. The van der Waals surface area contributed by atoms with Gasteiger partial charge in [-0.1, -0.05) is 23.9 Å². The molecule has 0 radical (unpaired) electrons. The molecular weight excluding hydrogens is 377 g/mol. The zero-order chi connectivity index (χ0) is 19.4. The monoisotopic (exact) mass is 390 g/mol. The average Bonchev–Trinajstić information content (AvgIpc) is 3.02. The van der Waals surface area contributed by atoms with Gasteiger partial charge in [0, 0.05) is 6.54 Å². The number of anilines is 1. The van der Waals surface area contributed by atoms with Crippen LogP contribution in [0.15, 0.2) is 41.6 Å². The Hall–Kier alpha value is -2.99. The van der Waals surface area contributed by atoms with Crippen molar-refractivity contribution in [2.45, 2.75) is 18.1 Å². The van der Waals surface area contributed by atoms with Gasteiger partial charge < -0.3 is 9.88 Å². The van der Waals surface area contributed by atoms with Gasteiger partial charge in [0.2, 0.25) is 5.91 Å². The van der Waals surface area contributed by atoms with Crippen LogP contribution in [-0.4, -0.2) is 21.2 Å². The van der Waals surface area contributed by atoms with Gasteiger partial charge in [0.25, 0.3) is 0 Å². The van der Waals surface area contributed by atoms with Gasteiger partial charge in [-0.3, -0.25) is 4.79 Å². The summed E-state index contributed by atoms with van der Waals surface area (Å²) in [6.07, 6.45) is 0.278. The van der Waals surface area contributed by atoms with Crippen molar-refractivity contribution < 1.29 is 18.0 Å². The number of halogens is 3. The average molecular weight is 390 g/mol. The molecule has 0 aliphatic heterocycles. The first-order chi connectivity index (χ1) is 13.0.